The van der Waals surface area contributed by atoms with Crippen molar-refractivity contribution in [1.29, 1.82) is 0 Å². The Morgan fingerprint density at radius 2 is 1.18 bits per heavy atom. The third-order valence-corrected chi connectivity index (χ3v) is 8.10. The van der Waals surface area contributed by atoms with Gasteiger partial charge in [0.05, 0.1) is 6.17 Å². The summed E-state index contributed by atoms with van der Waals surface area (Å²) < 4.78 is 0. The summed E-state index contributed by atoms with van der Waals surface area (Å²) in [5.74, 6) is 5.38. The minimum atomic E-state index is 0.623. The summed E-state index contributed by atoms with van der Waals surface area (Å²) in [5, 5.41) is 0. The van der Waals surface area contributed by atoms with Crippen LogP contribution in [-0.4, -0.2) is 42.1 Å². The average molecular weight is 387 g/mol. The second-order valence-corrected chi connectivity index (χ2v) is 11.1. The van der Waals surface area contributed by atoms with Gasteiger partial charge in [-0.25, -0.2) is 0 Å². The molecular weight excluding hydrogens is 340 g/mol. The van der Waals surface area contributed by atoms with Crippen LogP contribution in [0.2, 0.25) is 0 Å². The Hall–Kier alpha value is -0.600. The highest BCUT2D eigenvalue weighted by molar-refractivity contribution is 5.10. The van der Waals surface area contributed by atoms with Gasteiger partial charge in [-0.05, 0) is 68.1 Å². The summed E-state index contributed by atoms with van der Waals surface area (Å²) in [6.07, 6.45) is 8.30. The molecule has 1 saturated heterocycles. The average Bonchev–Trinajstić information content (AvgIpc) is 2.96. The van der Waals surface area contributed by atoms with Gasteiger partial charge < -0.3 is 0 Å². The molecule has 0 aromatic rings. The summed E-state index contributed by atoms with van der Waals surface area (Å²) in [7, 11) is 0. The second kappa shape index (κ2) is 9.04. The first-order valence-corrected chi connectivity index (χ1v) is 12.0. The third-order valence-electron chi connectivity index (χ3n) is 8.10. The summed E-state index contributed by atoms with van der Waals surface area (Å²) >= 11 is 0. The SMILES string of the molecule is CC1=C[C@@H](C)[C@@H](CN2CCN(C[C@@H]3[C@H](C)C=C(C)C[C@@H]3C)C2C(C)C)[C@@H](C)C1. The Kier molecular flexibility index (Phi) is 7.14. The molecule has 0 radical (unpaired) electrons. The van der Waals surface area contributed by atoms with Crippen molar-refractivity contribution in [2.24, 2.45) is 41.4 Å². The van der Waals surface area contributed by atoms with Crippen LogP contribution in [0.15, 0.2) is 23.3 Å². The van der Waals surface area contributed by atoms with Crippen LogP contribution in [0.5, 0.6) is 0 Å². The van der Waals surface area contributed by atoms with Crippen molar-refractivity contribution in [3.8, 4) is 0 Å². The summed E-state index contributed by atoms with van der Waals surface area (Å²) in [4.78, 5) is 5.69. The molecule has 1 heterocycles. The smallest absolute Gasteiger partial charge is 0.0647 e. The molecule has 6 atom stereocenters. The molecule has 0 saturated carbocycles. The Labute approximate surface area is 175 Å². The highest BCUT2D eigenvalue weighted by atomic mass is 15.4. The van der Waals surface area contributed by atoms with E-state index >= 15 is 0 Å². The number of hydrogen-bond acceptors (Lipinski definition) is 2. The lowest BCUT2D eigenvalue weighted by Gasteiger charge is -2.42. The van der Waals surface area contributed by atoms with Gasteiger partial charge in [0, 0.05) is 26.2 Å². The number of allylic oxidation sites excluding steroid dienone is 4. The highest BCUT2D eigenvalue weighted by Crippen LogP contribution is 2.38. The van der Waals surface area contributed by atoms with Crippen LogP contribution in [0, 0.1) is 41.4 Å². The van der Waals surface area contributed by atoms with Crippen molar-refractivity contribution in [3.05, 3.63) is 23.3 Å². The van der Waals surface area contributed by atoms with Gasteiger partial charge in [-0.15, -0.1) is 0 Å². The van der Waals surface area contributed by atoms with E-state index in [4.69, 9.17) is 0 Å². The van der Waals surface area contributed by atoms with Crippen LogP contribution in [0.1, 0.15) is 68.2 Å². The molecule has 3 aliphatic rings. The maximum Gasteiger partial charge on any atom is 0.0647 e. The van der Waals surface area contributed by atoms with Gasteiger partial charge in [-0.3, -0.25) is 9.80 Å². The Morgan fingerprint density at radius 3 is 1.50 bits per heavy atom. The van der Waals surface area contributed by atoms with Crippen molar-refractivity contribution < 1.29 is 0 Å². The van der Waals surface area contributed by atoms with Gasteiger partial charge in [-0.1, -0.05) is 64.8 Å². The largest absolute Gasteiger partial charge is 0.286 e. The molecule has 1 fully saturated rings. The number of nitrogens with zero attached hydrogens (tertiary/aromatic N) is 2. The molecule has 0 bridgehead atoms. The minimum absolute atomic E-state index is 0.623. The van der Waals surface area contributed by atoms with E-state index in [1.54, 1.807) is 11.1 Å². The zero-order chi connectivity index (χ0) is 20.6. The number of rotatable bonds is 5. The minimum Gasteiger partial charge on any atom is -0.286 e. The van der Waals surface area contributed by atoms with E-state index in [0.29, 0.717) is 12.1 Å². The van der Waals surface area contributed by atoms with Gasteiger partial charge in [0.25, 0.3) is 0 Å². The van der Waals surface area contributed by atoms with E-state index in [1.165, 1.54) is 39.0 Å². The normalized spacial score (nSPS) is 38.8. The second-order valence-electron chi connectivity index (χ2n) is 11.1. The molecule has 2 aliphatic carbocycles. The first-order valence-electron chi connectivity index (χ1n) is 12.0. The molecule has 2 nitrogen and oxygen atoms in total. The maximum absolute atomic E-state index is 2.84. The molecule has 2 heteroatoms. The van der Waals surface area contributed by atoms with E-state index in [9.17, 15) is 0 Å². The molecule has 0 aromatic heterocycles. The first kappa shape index (κ1) is 22.1. The van der Waals surface area contributed by atoms with Crippen LogP contribution in [-0.2, 0) is 0 Å². The zero-order valence-electron chi connectivity index (χ0n) is 19.9. The Morgan fingerprint density at radius 1 is 0.786 bits per heavy atom. The predicted octanol–water partition coefficient (Wildman–Crippen LogP) is 6.06. The Balaban J connectivity index is 1.69. The first-order chi connectivity index (χ1) is 13.2. The standard InChI is InChI=1S/C26H46N2/c1-17(2)26-27(15-24-20(5)11-18(3)12-21(24)6)9-10-28(26)16-25-22(7)13-19(4)14-23(25)8/h11,13,17,20-26H,9-10,12,14-16H2,1-8H3/t20-,21+,22-,23+,24-,25-/m1/s1. The highest BCUT2D eigenvalue weighted by Gasteiger charge is 2.40. The molecule has 0 unspecified atom stereocenters. The van der Waals surface area contributed by atoms with Crippen molar-refractivity contribution in [2.75, 3.05) is 26.2 Å². The molecule has 160 valence electrons. The molecule has 3 rings (SSSR count). The van der Waals surface area contributed by atoms with Gasteiger partial charge in [0.15, 0.2) is 0 Å². The van der Waals surface area contributed by atoms with E-state index in [-0.39, 0.29) is 0 Å². The van der Waals surface area contributed by atoms with Crippen LogP contribution in [0.25, 0.3) is 0 Å². The predicted molar refractivity (Wildman–Crippen MR) is 122 cm³/mol. The third kappa shape index (κ3) is 4.75. The monoisotopic (exact) mass is 386 g/mol. The fourth-order valence-corrected chi connectivity index (χ4v) is 6.86. The lowest BCUT2D eigenvalue weighted by Crippen LogP contribution is -2.48. The van der Waals surface area contributed by atoms with Crippen molar-refractivity contribution in [2.45, 2.75) is 74.4 Å². The summed E-state index contributed by atoms with van der Waals surface area (Å²) in [6, 6.07) is 0. The van der Waals surface area contributed by atoms with Crippen LogP contribution < -0.4 is 0 Å². The molecule has 0 aromatic carbocycles. The van der Waals surface area contributed by atoms with E-state index in [2.05, 4.69) is 77.3 Å². The maximum atomic E-state index is 2.84. The lowest BCUT2D eigenvalue weighted by atomic mass is 9.74. The van der Waals surface area contributed by atoms with Crippen LogP contribution in [0.4, 0.5) is 0 Å². The Bertz CT molecular complexity index is 541. The van der Waals surface area contributed by atoms with Crippen molar-refractivity contribution in [1.82, 2.24) is 9.80 Å². The van der Waals surface area contributed by atoms with Crippen LogP contribution in [0.3, 0.4) is 0 Å². The molecule has 0 spiro atoms. The summed E-state index contributed by atoms with van der Waals surface area (Å²) in [6.45, 7) is 24.4. The van der Waals surface area contributed by atoms with E-state index < -0.39 is 0 Å². The number of hydrogen-bond donors (Lipinski definition) is 0. The molecule has 28 heavy (non-hydrogen) atoms. The topological polar surface area (TPSA) is 6.48 Å². The van der Waals surface area contributed by atoms with Gasteiger partial charge in [0.2, 0.25) is 0 Å². The molecule has 0 amide bonds. The van der Waals surface area contributed by atoms with Crippen LogP contribution >= 0.6 is 0 Å². The fraction of sp³-hybridized carbons (Fsp3) is 0.846. The van der Waals surface area contributed by atoms with Crippen molar-refractivity contribution >= 4 is 0 Å². The van der Waals surface area contributed by atoms with Gasteiger partial charge in [-0.2, -0.15) is 0 Å². The molecule has 1 aliphatic heterocycles. The quantitative estimate of drug-likeness (QED) is 0.530. The molecular formula is C26H46N2. The summed E-state index contributed by atoms with van der Waals surface area (Å²) in [5.41, 5.74) is 3.20. The van der Waals surface area contributed by atoms with E-state index in [0.717, 1.165) is 35.5 Å². The van der Waals surface area contributed by atoms with Gasteiger partial charge in [0.1, 0.15) is 0 Å². The van der Waals surface area contributed by atoms with Gasteiger partial charge >= 0.3 is 0 Å². The fourth-order valence-electron chi connectivity index (χ4n) is 6.86. The lowest BCUT2D eigenvalue weighted by molar-refractivity contribution is 0.0439. The van der Waals surface area contributed by atoms with Crippen molar-refractivity contribution in [3.63, 3.8) is 0 Å². The zero-order valence-corrected chi connectivity index (χ0v) is 19.9. The van der Waals surface area contributed by atoms with E-state index in [1.807, 2.05) is 0 Å². The molecule has 0 N–H and O–H groups in total.